The molecular weight excluding hydrogens is 460 g/mol. The van der Waals surface area contributed by atoms with Gasteiger partial charge in [0, 0.05) is 38.0 Å². The number of rotatable bonds is 5. The van der Waals surface area contributed by atoms with Crippen molar-refractivity contribution < 1.29 is 19.1 Å². The molecule has 4 rings (SSSR count). The lowest BCUT2D eigenvalue weighted by molar-refractivity contribution is 0.0628. The van der Waals surface area contributed by atoms with E-state index in [-0.39, 0.29) is 18.0 Å². The SMILES string of the molecule is COC[C@@H]1C[C@@H](NC(=O)Oc2ccc(Cl)s2)CN1C(=O)c1nc2c(s1)CCN(C)CC2. The van der Waals surface area contributed by atoms with Crippen molar-refractivity contribution in [3.05, 3.63) is 32.0 Å². The highest BCUT2D eigenvalue weighted by molar-refractivity contribution is 7.17. The molecular formula is C20H25ClN4O4S2. The number of hydrogen-bond donors (Lipinski definition) is 1. The second kappa shape index (κ2) is 9.83. The zero-order valence-electron chi connectivity index (χ0n) is 17.4. The minimum atomic E-state index is -0.556. The summed E-state index contributed by atoms with van der Waals surface area (Å²) in [6.45, 7) is 2.71. The van der Waals surface area contributed by atoms with Crippen LogP contribution in [0.1, 0.15) is 26.8 Å². The summed E-state index contributed by atoms with van der Waals surface area (Å²) in [4.78, 5) is 35.4. The zero-order valence-corrected chi connectivity index (χ0v) is 19.8. The fourth-order valence-electron chi connectivity index (χ4n) is 3.95. The van der Waals surface area contributed by atoms with E-state index in [0.29, 0.717) is 34.0 Å². The Balaban J connectivity index is 1.41. The van der Waals surface area contributed by atoms with E-state index >= 15 is 0 Å². The normalized spacial score (nSPS) is 21.6. The Morgan fingerprint density at radius 3 is 2.84 bits per heavy atom. The molecule has 0 bridgehead atoms. The predicted octanol–water partition coefficient (Wildman–Crippen LogP) is 2.91. The van der Waals surface area contributed by atoms with E-state index in [2.05, 4.69) is 22.2 Å². The van der Waals surface area contributed by atoms with E-state index < -0.39 is 6.09 Å². The number of amides is 2. The largest absolute Gasteiger partial charge is 0.413 e. The monoisotopic (exact) mass is 484 g/mol. The molecule has 2 atom stereocenters. The van der Waals surface area contributed by atoms with Crippen LogP contribution in [0.25, 0.3) is 0 Å². The fourth-order valence-corrected chi connectivity index (χ4v) is 5.88. The third-order valence-corrected chi connectivity index (χ3v) is 7.76. The lowest BCUT2D eigenvalue weighted by atomic mass is 10.2. The number of thiazole rings is 1. The van der Waals surface area contributed by atoms with Gasteiger partial charge in [0.05, 0.1) is 28.7 Å². The highest BCUT2D eigenvalue weighted by Gasteiger charge is 2.38. The highest BCUT2D eigenvalue weighted by atomic mass is 35.5. The van der Waals surface area contributed by atoms with E-state index in [4.69, 9.17) is 21.1 Å². The van der Waals surface area contributed by atoms with E-state index in [0.717, 1.165) is 31.6 Å². The molecule has 8 nitrogen and oxygen atoms in total. The summed E-state index contributed by atoms with van der Waals surface area (Å²) in [5.74, 6) is -0.101. The molecule has 0 saturated carbocycles. The first-order valence-electron chi connectivity index (χ1n) is 10.1. The second-order valence-electron chi connectivity index (χ2n) is 7.78. The molecule has 0 radical (unpaired) electrons. The number of methoxy groups -OCH3 is 1. The third-order valence-electron chi connectivity index (χ3n) is 5.51. The molecule has 2 amide bonds. The van der Waals surface area contributed by atoms with Gasteiger partial charge in [-0.05, 0) is 32.0 Å². The number of nitrogens with one attached hydrogen (secondary N) is 1. The smallest absolute Gasteiger partial charge is 0.399 e. The first-order chi connectivity index (χ1) is 14.9. The predicted molar refractivity (Wildman–Crippen MR) is 121 cm³/mol. The summed E-state index contributed by atoms with van der Waals surface area (Å²) in [7, 11) is 3.72. The quantitative estimate of drug-likeness (QED) is 0.702. The average molecular weight is 485 g/mol. The first kappa shape index (κ1) is 22.5. The zero-order chi connectivity index (χ0) is 22.0. The number of fused-ring (bicyclic) bond motifs is 1. The summed E-state index contributed by atoms with van der Waals surface area (Å²) in [6.07, 6.45) is 1.82. The molecule has 2 aromatic rings. The molecule has 1 N–H and O–H groups in total. The van der Waals surface area contributed by atoms with Gasteiger partial charge in [0.15, 0.2) is 10.1 Å². The van der Waals surface area contributed by atoms with E-state index in [1.165, 1.54) is 27.6 Å². The molecule has 2 aliphatic heterocycles. The van der Waals surface area contributed by atoms with Gasteiger partial charge in [0.1, 0.15) is 0 Å². The van der Waals surface area contributed by atoms with Crippen molar-refractivity contribution in [3.63, 3.8) is 0 Å². The summed E-state index contributed by atoms with van der Waals surface area (Å²) in [6, 6.07) is 2.97. The van der Waals surface area contributed by atoms with Crippen LogP contribution in [0.5, 0.6) is 5.06 Å². The first-order valence-corrected chi connectivity index (χ1v) is 12.1. The van der Waals surface area contributed by atoms with Crippen molar-refractivity contribution in [2.45, 2.75) is 31.3 Å². The molecule has 0 spiro atoms. The second-order valence-corrected chi connectivity index (χ2v) is 10.5. The van der Waals surface area contributed by atoms with Crippen LogP contribution in [0.3, 0.4) is 0 Å². The number of likely N-dealkylation sites (tertiary alicyclic amines) is 1. The maximum absolute atomic E-state index is 13.3. The van der Waals surface area contributed by atoms with Crippen molar-refractivity contribution in [1.29, 1.82) is 0 Å². The molecule has 31 heavy (non-hydrogen) atoms. The minimum Gasteiger partial charge on any atom is -0.399 e. The Kier molecular flexibility index (Phi) is 7.12. The maximum atomic E-state index is 13.3. The molecule has 0 aromatic carbocycles. The van der Waals surface area contributed by atoms with Crippen LogP contribution in [0.15, 0.2) is 12.1 Å². The molecule has 2 aromatic heterocycles. The van der Waals surface area contributed by atoms with Crippen molar-refractivity contribution in [1.82, 2.24) is 20.1 Å². The van der Waals surface area contributed by atoms with Gasteiger partial charge in [0.25, 0.3) is 5.91 Å². The molecule has 11 heteroatoms. The number of carbonyl (C=O) groups excluding carboxylic acids is 2. The number of nitrogens with zero attached hydrogens (tertiary/aromatic N) is 3. The number of thiophene rings is 1. The van der Waals surface area contributed by atoms with Crippen LogP contribution in [0.2, 0.25) is 4.34 Å². The van der Waals surface area contributed by atoms with Gasteiger partial charge >= 0.3 is 6.09 Å². The van der Waals surface area contributed by atoms with E-state index in [9.17, 15) is 9.59 Å². The summed E-state index contributed by atoms with van der Waals surface area (Å²) in [5, 5.41) is 3.80. The van der Waals surface area contributed by atoms with E-state index in [1.807, 2.05) is 0 Å². The summed E-state index contributed by atoms with van der Waals surface area (Å²) >= 11 is 8.56. The minimum absolute atomic E-state index is 0.101. The summed E-state index contributed by atoms with van der Waals surface area (Å²) in [5.41, 5.74) is 1.04. The van der Waals surface area contributed by atoms with Crippen LogP contribution >= 0.6 is 34.3 Å². The van der Waals surface area contributed by atoms with Gasteiger partial charge in [-0.1, -0.05) is 22.9 Å². The van der Waals surface area contributed by atoms with Crippen molar-refractivity contribution >= 4 is 46.3 Å². The topological polar surface area (TPSA) is 84.0 Å². The molecule has 4 heterocycles. The van der Waals surface area contributed by atoms with Crippen molar-refractivity contribution in [3.8, 4) is 5.06 Å². The average Bonchev–Trinajstić information content (AvgIpc) is 3.41. The number of hydrogen-bond acceptors (Lipinski definition) is 8. The maximum Gasteiger partial charge on any atom is 0.413 e. The van der Waals surface area contributed by atoms with E-state index in [1.54, 1.807) is 24.1 Å². The van der Waals surface area contributed by atoms with Gasteiger partial charge in [0.2, 0.25) is 0 Å². The lowest BCUT2D eigenvalue weighted by Crippen LogP contribution is -2.41. The number of halogens is 1. The molecule has 1 fully saturated rings. The van der Waals surface area contributed by atoms with Gasteiger partial charge in [-0.15, -0.1) is 11.3 Å². The molecule has 0 aliphatic carbocycles. The Hall–Kier alpha value is -1.72. The fraction of sp³-hybridized carbons (Fsp3) is 0.550. The number of aromatic nitrogens is 1. The van der Waals surface area contributed by atoms with Gasteiger partial charge in [-0.3, -0.25) is 4.79 Å². The Labute approximate surface area is 194 Å². The number of ether oxygens (including phenoxy) is 2. The van der Waals surface area contributed by atoms with Crippen molar-refractivity contribution in [2.24, 2.45) is 0 Å². The van der Waals surface area contributed by atoms with Crippen LogP contribution < -0.4 is 10.1 Å². The van der Waals surface area contributed by atoms with Crippen LogP contribution in [-0.4, -0.2) is 79.3 Å². The highest BCUT2D eigenvalue weighted by Crippen LogP contribution is 2.29. The number of carbonyl (C=O) groups is 2. The molecule has 1 saturated heterocycles. The molecule has 0 unspecified atom stereocenters. The van der Waals surface area contributed by atoms with Crippen LogP contribution in [0, 0.1) is 0 Å². The van der Waals surface area contributed by atoms with Gasteiger partial charge < -0.3 is 24.6 Å². The van der Waals surface area contributed by atoms with Gasteiger partial charge in [-0.2, -0.15) is 0 Å². The standard InChI is InChI=1S/C20H25ClN4O4S2/c1-24-7-5-14-15(6-8-24)30-18(23-14)19(26)25-10-12(9-13(25)11-28-2)22-20(27)29-17-4-3-16(21)31-17/h3-4,12-13H,5-11H2,1-2H3,(H,22,27)/t12-,13+/m1/s1. The summed E-state index contributed by atoms with van der Waals surface area (Å²) < 4.78 is 11.2. The van der Waals surface area contributed by atoms with Gasteiger partial charge in [-0.25, -0.2) is 9.78 Å². The Bertz CT molecular complexity index is 924. The van der Waals surface area contributed by atoms with Crippen LogP contribution in [-0.2, 0) is 17.6 Å². The number of likely N-dealkylation sites (N-methyl/N-ethyl adjacent to an activating group) is 1. The lowest BCUT2D eigenvalue weighted by Gasteiger charge is -2.22. The Morgan fingerprint density at radius 1 is 1.29 bits per heavy atom. The van der Waals surface area contributed by atoms with Crippen molar-refractivity contribution in [2.75, 3.05) is 40.4 Å². The van der Waals surface area contributed by atoms with Crippen LogP contribution in [0.4, 0.5) is 4.79 Å². The molecule has 168 valence electrons. The molecule has 2 aliphatic rings. The third kappa shape index (κ3) is 5.38. The Morgan fingerprint density at radius 2 is 2.10 bits per heavy atom.